The molecule has 1 aromatic heterocycles. The monoisotopic (exact) mass is 220 g/mol. The molecule has 0 spiro atoms. The molecule has 1 aromatic carbocycles. The number of ether oxygens (including phenoxy) is 1. The zero-order valence-corrected chi connectivity index (χ0v) is 9.11. The highest BCUT2D eigenvalue weighted by atomic mass is 16.5. The van der Waals surface area contributed by atoms with Crippen LogP contribution in [-0.2, 0) is 4.74 Å². The fourth-order valence-electron chi connectivity index (χ4n) is 1.53. The molecule has 0 aliphatic rings. The largest absolute Gasteiger partial charge is 0.508 e. The third kappa shape index (κ3) is 1.62. The first-order valence-corrected chi connectivity index (χ1v) is 5.01. The average Bonchev–Trinajstić information content (AvgIpc) is 2.62. The lowest BCUT2D eigenvalue weighted by Crippen LogP contribution is -2.03. The van der Waals surface area contributed by atoms with Gasteiger partial charge in [-0.25, -0.2) is 4.79 Å². The van der Waals surface area contributed by atoms with Gasteiger partial charge in [-0.15, -0.1) is 0 Å². The third-order valence-electron chi connectivity index (χ3n) is 2.39. The number of carbonyl (C=O) groups excluding carboxylic acids is 1. The van der Waals surface area contributed by atoms with Crippen molar-refractivity contribution in [1.82, 2.24) is 0 Å². The summed E-state index contributed by atoms with van der Waals surface area (Å²) in [5, 5.41) is 10.1. The molecule has 1 N–H and O–H groups in total. The van der Waals surface area contributed by atoms with Crippen LogP contribution in [0.3, 0.4) is 0 Å². The minimum absolute atomic E-state index is 0.138. The van der Waals surface area contributed by atoms with Crippen molar-refractivity contribution < 1.29 is 19.1 Å². The second-order valence-corrected chi connectivity index (χ2v) is 3.50. The summed E-state index contributed by atoms with van der Waals surface area (Å²) in [6.07, 6.45) is 1.35. The molecule has 0 saturated carbocycles. The number of esters is 1. The van der Waals surface area contributed by atoms with Gasteiger partial charge in [0.05, 0.1) is 6.61 Å². The van der Waals surface area contributed by atoms with E-state index in [0.717, 1.165) is 0 Å². The van der Waals surface area contributed by atoms with Crippen LogP contribution in [0.25, 0.3) is 11.0 Å². The Labute approximate surface area is 92.4 Å². The Bertz CT molecular complexity index is 539. The molecular formula is C12H12O4. The summed E-state index contributed by atoms with van der Waals surface area (Å²) in [7, 11) is 0. The van der Waals surface area contributed by atoms with E-state index in [9.17, 15) is 9.90 Å². The molecule has 84 valence electrons. The molecule has 2 aromatic rings. The lowest BCUT2D eigenvalue weighted by Gasteiger charge is -2.00. The predicted octanol–water partition coefficient (Wildman–Crippen LogP) is 2.62. The van der Waals surface area contributed by atoms with Crippen molar-refractivity contribution >= 4 is 16.9 Å². The molecule has 2 rings (SSSR count). The Kier molecular flexibility index (Phi) is 2.56. The van der Waals surface area contributed by atoms with Crippen molar-refractivity contribution in [2.75, 3.05) is 6.61 Å². The summed E-state index contributed by atoms with van der Waals surface area (Å²) >= 11 is 0. The van der Waals surface area contributed by atoms with E-state index in [1.807, 2.05) is 0 Å². The predicted molar refractivity (Wildman–Crippen MR) is 58.6 cm³/mol. The molecule has 1 heterocycles. The number of fused-ring (bicyclic) bond motifs is 1. The Morgan fingerprint density at radius 3 is 2.94 bits per heavy atom. The Balaban J connectivity index is 2.56. The summed E-state index contributed by atoms with van der Waals surface area (Å²) < 4.78 is 10.1. The van der Waals surface area contributed by atoms with Gasteiger partial charge in [0.15, 0.2) is 0 Å². The maximum absolute atomic E-state index is 11.6. The van der Waals surface area contributed by atoms with Crippen LogP contribution in [-0.4, -0.2) is 17.7 Å². The quantitative estimate of drug-likeness (QED) is 0.790. The van der Waals surface area contributed by atoms with Crippen LogP contribution in [0, 0.1) is 6.92 Å². The molecule has 0 radical (unpaired) electrons. The number of hydrogen-bond acceptors (Lipinski definition) is 4. The van der Waals surface area contributed by atoms with Crippen molar-refractivity contribution in [2.24, 2.45) is 0 Å². The van der Waals surface area contributed by atoms with E-state index in [0.29, 0.717) is 28.7 Å². The highest BCUT2D eigenvalue weighted by molar-refractivity contribution is 6.03. The minimum atomic E-state index is -0.440. The molecule has 0 atom stereocenters. The number of rotatable bonds is 2. The van der Waals surface area contributed by atoms with Crippen LogP contribution < -0.4 is 0 Å². The molecule has 4 nitrogen and oxygen atoms in total. The lowest BCUT2D eigenvalue weighted by atomic mass is 10.1. The van der Waals surface area contributed by atoms with Gasteiger partial charge in [0.25, 0.3) is 0 Å². The Morgan fingerprint density at radius 2 is 2.25 bits per heavy atom. The molecule has 0 amide bonds. The number of aromatic hydroxyl groups is 1. The van der Waals surface area contributed by atoms with Gasteiger partial charge >= 0.3 is 5.97 Å². The fourth-order valence-corrected chi connectivity index (χ4v) is 1.53. The maximum Gasteiger partial charge on any atom is 0.342 e. The normalized spacial score (nSPS) is 10.6. The number of hydrogen-bond donors (Lipinski definition) is 1. The zero-order chi connectivity index (χ0) is 11.7. The molecule has 4 heteroatoms. The second-order valence-electron chi connectivity index (χ2n) is 3.50. The van der Waals surface area contributed by atoms with E-state index >= 15 is 0 Å². The number of furan rings is 1. The van der Waals surface area contributed by atoms with Crippen LogP contribution in [0.5, 0.6) is 5.75 Å². The topological polar surface area (TPSA) is 59.7 Å². The van der Waals surface area contributed by atoms with Gasteiger partial charge in [0.2, 0.25) is 0 Å². The van der Waals surface area contributed by atoms with Gasteiger partial charge in [0.1, 0.15) is 23.2 Å². The minimum Gasteiger partial charge on any atom is -0.508 e. The van der Waals surface area contributed by atoms with Crippen LogP contribution in [0.4, 0.5) is 0 Å². The second kappa shape index (κ2) is 3.89. The standard InChI is InChI=1S/C12H12O4/c1-3-15-12(14)9-6-16-11-4-7(2)10(13)5-8(9)11/h4-6,13H,3H2,1-2H3. The maximum atomic E-state index is 11.6. The summed E-state index contributed by atoms with van der Waals surface area (Å²) in [5.41, 5.74) is 1.61. The molecule has 0 fully saturated rings. The Morgan fingerprint density at radius 1 is 1.50 bits per heavy atom. The number of aryl methyl sites for hydroxylation is 1. The molecule has 0 unspecified atom stereocenters. The number of phenols is 1. The number of benzene rings is 1. The van der Waals surface area contributed by atoms with Gasteiger partial charge in [0, 0.05) is 5.39 Å². The van der Waals surface area contributed by atoms with Crippen LogP contribution in [0.15, 0.2) is 22.8 Å². The summed E-state index contributed by atoms with van der Waals surface area (Å²) in [5.74, 6) is -0.302. The summed E-state index contributed by atoms with van der Waals surface area (Å²) in [6.45, 7) is 3.81. The van der Waals surface area contributed by atoms with Gasteiger partial charge in [-0.3, -0.25) is 0 Å². The van der Waals surface area contributed by atoms with Gasteiger partial charge < -0.3 is 14.3 Å². The van der Waals surface area contributed by atoms with Crippen LogP contribution in [0.1, 0.15) is 22.8 Å². The van der Waals surface area contributed by atoms with E-state index in [-0.39, 0.29) is 5.75 Å². The summed E-state index contributed by atoms with van der Waals surface area (Å²) in [6, 6.07) is 3.20. The van der Waals surface area contributed by atoms with E-state index in [1.165, 1.54) is 12.3 Å². The SMILES string of the molecule is CCOC(=O)c1coc2cc(C)c(O)cc12. The van der Waals surface area contributed by atoms with E-state index < -0.39 is 5.97 Å². The van der Waals surface area contributed by atoms with Crippen molar-refractivity contribution in [2.45, 2.75) is 13.8 Å². The molecule has 0 aliphatic heterocycles. The highest BCUT2D eigenvalue weighted by Gasteiger charge is 2.15. The smallest absolute Gasteiger partial charge is 0.342 e. The first kappa shape index (κ1) is 10.5. The van der Waals surface area contributed by atoms with Crippen molar-refractivity contribution in [3.05, 3.63) is 29.5 Å². The van der Waals surface area contributed by atoms with Gasteiger partial charge in [-0.05, 0) is 31.5 Å². The number of carbonyl (C=O) groups is 1. The Hall–Kier alpha value is -1.97. The third-order valence-corrected chi connectivity index (χ3v) is 2.39. The average molecular weight is 220 g/mol. The molecule has 0 bridgehead atoms. The lowest BCUT2D eigenvalue weighted by molar-refractivity contribution is 0.0527. The van der Waals surface area contributed by atoms with E-state index in [1.54, 1.807) is 19.9 Å². The summed E-state index contributed by atoms with van der Waals surface area (Å²) in [4.78, 5) is 11.6. The van der Waals surface area contributed by atoms with Crippen molar-refractivity contribution in [3.63, 3.8) is 0 Å². The van der Waals surface area contributed by atoms with E-state index in [2.05, 4.69) is 0 Å². The molecule has 16 heavy (non-hydrogen) atoms. The van der Waals surface area contributed by atoms with Gasteiger partial charge in [-0.2, -0.15) is 0 Å². The van der Waals surface area contributed by atoms with Crippen molar-refractivity contribution in [1.29, 1.82) is 0 Å². The van der Waals surface area contributed by atoms with E-state index in [4.69, 9.17) is 9.15 Å². The first-order valence-electron chi connectivity index (χ1n) is 5.01. The van der Waals surface area contributed by atoms with Gasteiger partial charge in [-0.1, -0.05) is 0 Å². The van der Waals surface area contributed by atoms with Crippen LogP contribution in [0.2, 0.25) is 0 Å². The zero-order valence-electron chi connectivity index (χ0n) is 9.11. The van der Waals surface area contributed by atoms with Crippen LogP contribution >= 0.6 is 0 Å². The molecule has 0 saturated heterocycles. The highest BCUT2D eigenvalue weighted by Crippen LogP contribution is 2.28. The molecular weight excluding hydrogens is 208 g/mol. The van der Waals surface area contributed by atoms with Crippen molar-refractivity contribution in [3.8, 4) is 5.75 Å². The fraction of sp³-hybridized carbons (Fsp3) is 0.250. The molecule has 0 aliphatic carbocycles. The first-order chi connectivity index (χ1) is 7.63. The number of phenolic OH excluding ortho intramolecular Hbond substituents is 1.